The Morgan fingerprint density at radius 1 is 0.741 bits per heavy atom. The summed E-state index contributed by atoms with van der Waals surface area (Å²) in [5.41, 5.74) is 9.78. The Balaban J connectivity index is 0. The molecule has 0 aliphatic rings. The van der Waals surface area contributed by atoms with Crippen molar-refractivity contribution in [3.05, 3.63) is 82.4 Å². The fourth-order valence-electron chi connectivity index (χ4n) is 2.68. The van der Waals surface area contributed by atoms with E-state index >= 15 is 0 Å². The average Bonchev–Trinajstić information content (AvgIpc) is 3.00. The summed E-state index contributed by atoms with van der Waals surface area (Å²) < 4.78 is 0. The van der Waals surface area contributed by atoms with Gasteiger partial charge in [-0.1, -0.05) is 70.5 Å². The molecule has 0 amide bonds. The van der Waals surface area contributed by atoms with Crippen molar-refractivity contribution in [2.45, 2.75) is 47.7 Å². The number of halogens is 2. The smallest absolute Gasteiger partial charge is 0.0623 e. The predicted molar refractivity (Wildman–Crippen MR) is 111 cm³/mol. The van der Waals surface area contributed by atoms with Crippen molar-refractivity contribution < 1.29 is 48.1 Å². The Morgan fingerprint density at radius 2 is 1.19 bits per heavy atom. The first-order valence-electron chi connectivity index (χ1n) is 8.72. The molecule has 0 aromatic heterocycles. The van der Waals surface area contributed by atoms with Gasteiger partial charge in [0.05, 0.1) is 0 Å². The minimum atomic E-state index is 0. The van der Waals surface area contributed by atoms with Gasteiger partial charge in [-0.05, 0) is 0 Å². The van der Waals surface area contributed by atoms with Gasteiger partial charge in [0.1, 0.15) is 0 Å². The van der Waals surface area contributed by atoms with Gasteiger partial charge in [-0.3, -0.25) is 0 Å². The van der Waals surface area contributed by atoms with Crippen LogP contribution >= 0.6 is 0 Å². The van der Waals surface area contributed by atoms with Crippen LogP contribution in [0.3, 0.4) is 0 Å². The van der Waals surface area contributed by atoms with Gasteiger partial charge >= 0.3 is 41.9 Å². The molecular formula is C23H30Cl2SiZr-2. The quantitative estimate of drug-likeness (QED) is 0.346. The maximum absolute atomic E-state index is 2.31. The van der Waals surface area contributed by atoms with E-state index in [9.17, 15) is 0 Å². The summed E-state index contributed by atoms with van der Waals surface area (Å²) in [7, 11) is 0. The maximum Gasteiger partial charge on any atom is -0.0623 e. The topological polar surface area (TPSA) is 0 Å². The molecule has 0 spiro atoms. The first kappa shape index (κ1) is 28.8. The summed E-state index contributed by atoms with van der Waals surface area (Å²) in [6, 6.07) is 19.4. The molecule has 3 rings (SSSR count). The Kier molecular flexibility index (Phi) is 15.6. The SMILES string of the molecule is C[Si](C)=[Zr+2].Cc1cc(-c2ccccc2)c(C)[cH-]1.Cc1cc(C)c(C)[cH-]1.[Cl-].[Cl-]. The van der Waals surface area contributed by atoms with Crippen LogP contribution in [0.15, 0.2) is 54.6 Å². The van der Waals surface area contributed by atoms with Crippen LogP contribution in [-0.4, -0.2) is 5.43 Å². The number of aryl methyl sites for hydroxylation is 5. The van der Waals surface area contributed by atoms with E-state index in [-0.39, 0.29) is 30.2 Å². The fourth-order valence-corrected chi connectivity index (χ4v) is 2.68. The molecule has 146 valence electrons. The van der Waals surface area contributed by atoms with E-state index in [1.165, 1.54) is 38.9 Å². The second-order valence-electron chi connectivity index (χ2n) is 6.89. The summed E-state index contributed by atoms with van der Waals surface area (Å²) in [5.74, 6) is 0. The van der Waals surface area contributed by atoms with E-state index in [0.29, 0.717) is 0 Å². The van der Waals surface area contributed by atoms with Crippen molar-refractivity contribution >= 4 is 5.43 Å². The molecule has 0 radical (unpaired) electrons. The Labute approximate surface area is 193 Å². The first-order chi connectivity index (χ1) is 11.7. The Hall–Kier alpha value is -0.400. The monoisotopic (exact) mass is 494 g/mol. The molecule has 3 aromatic carbocycles. The summed E-state index contributed by atoms with van der Waals surface area (Å²) in [6.45, 7) is 15.3. The fraction of sp³-hybridized carbons (Fsp3) is 0.304. The molecule has 0 saturated carbocycles. The summed E-state index contributed by atoms with van der Waals surface area (Å²) in [5, 5.41) is 0. The zero-order valence-electron chi connectivity index (χ0n) is 17.5. The van der Waals surface area contributed by atoms with Crippen LogP contribution in [0.4, 0.5) is 0 Å². The van der Waals surface area contributed by atoms with Crippen molar-refractivity contribution in [2.75, 3.05) is 0 Å². The molecule has 4 heteroatoms. The number of hydrogen-bond donors (Lipinski definition) is 0. The third-order valence-corrected chi connectivity index (χ3v) is 3.84. The zero-order chi connectivity index (χ0) is 19.0. The van der Waals surface area contributed by atoms with E-state index in [1.54, 1.807) is 23.3 Å². The van der Waals surface area contributed by atoms with Crippen LogP contribution in [0.1, 0.15) is 27.8 Å². The van der Waals surface area contributed by atoms with Crippen molar-refractivity contribution in [2.24, 2.45) is 0 Å². The van der Waals surface area contributed by atoms with Crippen LogP contribution in [0.5, 0.6) is 0 Å². The predicted octanol–water partition coefficient (Wildman–Crippen LogP) is 0.812. The van der Waals surface area contributed by atoms with E-state index in [1.807, 2.05) is 0 Å². The minimum Gasteiger partial charge on any atom is -1.00 e. The van der Waals surface area contributed by atoms with Gasteiger partial charge in [-0.25, -0.2) is 12.1 Å². The van der Waals surface area contributed by atoms with E-state index in [0.717, 1.165) is 0 Å². The third-order valence-electron chi connectivity index (χ3n) is 3.84. The average molecular weight is 497 g/mol. The normalized spacial score (nSPS) is 8.93. The van der Waals surface area contributed by atoms with Crippen molar-refractivity contribution in [1.29, 1.82) is 0 Å². The Bertz CT molecular complexity index is 778. The molecule has 0 nitrogen and oxygen atoms in total. The van der Waals surface area contributed by atoms with Crippen LogP contribution < -0.4 is 24.8 Å². The van der Waals surface area contributed by atoms with Crippen LogP contribution in [-0.2, 0) is 23.3 Å². The molecule has 0 bridgehead atoms. The molecule has 0 saturated heterocycles. The van der Waals surface area contributed by atoms with Crippen LogP contribution in [0.2, 0.25) is 13.1 Å². The molecule has 0 heterocycles. The number of hydrogen-bond acceptors (Lipinski definition) is 0. The van der Waals surface area contributed by atoms with Crippen LogP contribution in [0.25, 0.3) is 11.1 Å². The van der Waals surface area contributed by atoms with Gasteiger partial charge in [-0.15, -0.1) is 0 Å². The molecule has 0 atom stereocenters. The zero-order valence-corrected chi connectivity index (χ0v) is 22.4. The van der Waals surface area contributed by atoms with Gasteiger partial charge in [0, 0.05) is 0 Å². The second-order valence-corrected chi connectivity index (χ2v) is 16.3. The van der Waals surface area contributed by atoms with E-state index in [2.05, 4.69) is 102 Å². The molecular weight excluding hydrogens is 466 g/mol. The number of benzene rings is 1. The summed E-state index contributed by atoms with van der Waals surface area (Å²) in [4.78, 5) is 0. The van der Waals surface area contributed by atoms with Gasteiger partial charge in [0.2, 0.25) is 0 Å². The second kappa shape index (κ2) is 14.6. The van der Waals surface area contributed by atoms with Gasteiger partial charge in [-0.2, -0.15) is 45.5 Å². The van der Waals surface area contributed by atoms with Crippen molar-refractivity contribution in [1.82, 2.24) is 0 Å². The largest absolute Gasteiger partial charge is 1.00 e. The standard InChI is InChI=1S/C13H13.C8H11.C2H6Si.2ClH.Zr/c1-10-8-11(2)13(9-10)12-6-4-3-5-7-12;1-6-4-7(2)8(3)5-6;1-3-2;;;/h3-9H,1-2H3;4-5H,1-3H3;1-2H3;2*1H;/q2*-1;;;;+2/p-2. The van der Waals surface area contributed by atoms with E-state index < -0.39 is 0 Å². The molecule has 27 heavy (non-hydrogen) atoms. The minimum absolute atomic E-state index is 0. The van der Waals surface area contributed by atoms with Gasteiger partial charge < -0.3 is 24.8 Å². The summed E-state index contributed by atoms with van der Waals surface area (Å²) >= 11 is 1.74. The van der Waals surface area contributed by atoms with E-state index in [4.69, 9.17) is 0 Å². The third kappa shape index (κ3) is 11.3. The maximum atomic E-state index is 2.31. The van der Waals surface area contributed by atoms with Crippen LogP contribution in [0, 0.1) is 34.6 Å². The first-order valence-corrected chi connectivity index (χ1v) is 14.9. The molecule has 0 unspecified atom stereocenters. The molecule has 0 aliphatic carbocycles. The molecule has 0 fully saturated rings. The van der Waals surface area contributed by atoms with Gasteiger partial charge in [0.15, 0.2) is 0 Å². The molecule has 0 N–H and O–H groups in total. The summed E-state index contributed by atoms with van der Waals surface area (Å²) in [6.07, 6.45) is 0. The molecule has 0 aliphatic heterocycles. The molecule has 3 aromatic rings. The van der Waals surface area contributed by atoms with Gasteiger partial charge in [0.25, 0.3) is 0 Å². The Morgan fingerprint density at radius 3 is 1.48 bits per heavy atom. The van der Waals surface area contributed by atoms with Crippen molar-refractivity contribution in [3.8, 4) is 11.1 Å². The van der Waals surface area contributed by atoms with Crippen molar-refractivity contribution in [3.63, 3.8) is 0 Å². The number of rotatable bonds is 1.